The Balaban J connectivity index is 0. The van der Waals surface area contributed by atoms with Crippen LogP contribution in [0.15, 0.2) is 0 Å². The molecule has 0 saturated heterocycles. The average Bonchev–Trinajstić information content (AvgIpc) is 1.77. The van der Waals surface area contributed by atoms with Crippen LogP contribution in [0.2, 0.25) is 0 Å². The van der Waals surface area contributed by atoms with Gasteiger partial charge >= 0.3 is 31.1 Å². The fourth-order valence-electron chi connectivity index (χ4n) is 0.239. The summed E-state index contributed by atoms with van der Waals surface area (Å²) in [7, 11) is -13.2. The summed E-state index contributed by atoms with van der Waals surface area (Å²) in [5.41, 5.74) is -12.3. The molecule has 0 amide bonds. The predicted molar refractivity (Wildman–Crippen MR) is 33.1 cm³/mol. The van der Waals surface area contributed by atoms with Gasteiger partial charge in [0.15, 0.2) is 0 Å². The molecule has 0 aromatic heterocycles. The maximum atomic E-state index is 11.5. The summed E-state index contributed by atoms with van der Waals surface area (Å²) in [6, 6.07) is 0. The van der Waals surface area contributed by atoms with Crippen molar-refractivity contribution in [1.29, 1.82) is 0 Å². The van der Waals surface area contributed by atoms with Crippen LogP contribution in [0.3, 0.4) is 0 Å². The second-order valence-electron chi connectivity index (χ2n) is 1.98. The van der Waals surface area contributed by atoms with Crippen LogP contribution in [0.5, 0.6) is 0 Å². The Hall–Kier alpha value is 0.959. The first kappa shape index (κ1) is 19.3. The van der Waals surface area contributed by atoms with E-state index in [1.807, 2.05) is 0 Å². The van der Waals surface area contributed by atoms with Crippen LogP contribution in [-0.2, 0) is 20.0 Å². The van der Waals surface area contributed by atoms with Gasteiger partial charge in [0.05, 0.1) is 0 Å². The van der Waals surface area contributed by atoms with Crippen molar-refractivity contribution in [2.45, 2.75) is 11.0 Å². The van der Waals surface area contributed by atoms with E-state index in [-0.39, 0.29) is 46.9 Å². The molecular weight excluding hydrogens is 453 g/mol. The maximum absolute atomic E-state index is 11.5. The third kappa shape index (κ3) is 4.68. The Morgan fingerprint density at radius 3 is 1.00 bits per heavy atom. The van der Waals surface area contributed by atoms with Crippen molar-refractivity contribution >= 4 is 20.0 Å². The van der Waals surface area contributed by atoms with Gasteiger partial charge in [0, 0.05) is 46.9 Å². The summed E-state index contributed by atoms with van der Waals surface area (Å²) in [5.74, 6) is 0. The van der Waals surface area contributed by atoms with E-state index in [2.05, 4.69) is 0 Å². The molecule has 0 aliphatic heterocycles. The van der Waals surface area contributed by atoms with E-state index in [9.17, 15) is 43.2 Å². The summed E-state index contributed by atoms with van der Waals surface area (Å²) < 4.78 is 108. The van der Waals surface area contributed by atoms with Crippen LogP contribution in [0, 0.1) is 46.9 Å². The van der Waals surface area contributed by atoms with E-state index in [1.165, 1.54) is 0 Å². The Bertz CT molecular complexity index is 390. The van der Waals surface area contributed by atoms with E-state index in [0.717, 1.165) is 0 Å². The van der Waals surface area contributed by atoms with Crippen LogP contribution in [0.4, 0.5) is 26.3 Å². The number of nitrogens with one attached hydrogen (secondary N) is 1. The van der Waals surface area contributed by atoms with Gasteiger partial charge in [0.1, 0.15) is 0 Å². The second-order valence-corrected chi connectivity index (χ2v) is 5.59. The molecule has 0 radical (unpaired) electrons. The standard InChI is InChI=1S/C2HF6NO4S2.Yb/c3-1(4,5)14(10,11)9-15(12,13)2(6,7)8;/h9H;. The summed E-state index contributed by atoms with van der Waals surface area (Å²) in [6.45, 7) is 0. The van der Waals surface area contributed by atoms with Crippen molar-refractivity contribution in [2.24, 2.45) is 0 Å². The SMILES string of the molecule is O=S(=O)(NS(=O)(=O)C(F)(F)F)C(F)(F)F.[Yb]. The molecule has 0 heterocycles. The molecular formula is C2HF6NO4S2Yb. The fraction of sp³-hybridized carbons (Fsp3) is 1.00. The molecule has 0 atom stereocenters. The smallest absolute Gasteiger partial charge is 0.202 e. The number of rotatable bonds is 2. The van der Waals surface area contributed by atoms with Gasteiger partial charge < -0.3 is 0 Å². The fourth-order valence-corrected chi connectivity index (χ4v) is 2.15. The molecule has 0 fully saturated rings. The van der Waals surface area contributed by atoms with Crippen LogP contribution >= 0.6 is 0 Å². The predicted octanol–water partition coefficient (Wildman–Crippen LogP) is 0.275. The molecule has 0 aromatic carbocycles. The third-order valence-corrected chi connectivity index (χ3v) is 3.80. The van der Waals surface area contributed by atoms with E-state index in [4.69, 9.17) is 0 Å². The summed E-state index contributed by atoms with van der Waals surface area (Å²) >= 11 is 0. The van der Waals surface area contributed by atoms with Gasteiger partial charge in [0.2, 0.25) is 0 Å². The van der Waals surface area contributed by atoms with Crippen molar-refractivity contribution in [2.75, 3.05) is 0 Å². The quantitative estimate of drug-likeness (QED) is 0.608. The molecule has 0 aliphatic rings. The number of hydrogen-bond donors (Lipinski definition) is 1. The number of hydrogen-bond acceptors (Lipinski definition) is 4. The molecule has 106 valence electrons. The summed E-state index contributed by atoms with van der Waals surface area (Å²) in [5, 5.41) is 0. The number of alkyl halides is 6. The molecule has 5 nitrogen and oxygen atoms in total. The summed E-state index contributed by atoms with van der Waals surface area (Å²) in [6.07, 6.45) is 0. The van der Waals surface area contributed by atoms with Gasteiger partial charge in [-0.15, -0.1) is 0 Å². The molecule has 0 unspecified atom stereocenters. The van der Waals surface area contributed by atoms with Crippen LogP contribution in [0.1, 0.15) is 0 Å². The van der Waals surface area contributed by atoms with E-state index in [0.29, 0.717) is 0 Å². The third-order valence-electron chi connectivity index (χ3n) is 0.829. The van der Waals surface area contributed by atoms with Gasteiger partial charge in [-0.2, -0.15) is 26.3 Å². The van der Waals surface area contributed by atoms with Gasteiger partial charge in [-0.3, -0.25) is 0 Å². The van der Waals surface area contributed by atoms with Crippen molar-refractivity contribution in [1.82, 2.24) is 4.13 Å². The van der Waals surface area contributed by atoms with Gasteiger partial charge in [0.25, 0.3) is 0 Å². The number of halogens is 6. The number of sulfonamides is 2. The zero-order valence-corrected chi connectivity index (χ0v) is 9.83. The van der Waals surface area contributed by atoms with Gasteiger partial charge in [-0.1, -0.05) is 4.13 Å². The van der Waals surface area contributed by atoms with E-state index < -0.39 is 35.2 Å². The zero-order valence-electron chi connectivity index (χ0n) is 6.48. The Morgan fingerprint density at radius 1 is 0.688 bits per heavy atom. The van der Waals surface area contributed by atoms with Crippen molar-refractivity contribution < 1.29 is 90.1 Å². The molecule has 14 heteroatoms. The van der Waals surface area contributed by atoms with Crippen LogP contribution < -0.4 is 4.13 Å². The zero-order chi connectivity index (χ0) is 12.7. The molecule has 0 rings (SSSR count). The molecule has 0 spiro atoms. The monoisotopic (exact) mass is 455 g/mol. The molecule has 0 aliphatic carbocycles. The average molecular weight is 454 g/mol. The Kier molecular flexibility index (Phi) is 6.39. The first-order valence-electron chi connectivity index (χ1n) is 2.62. The Labute approximate surface area is 124 Å². The normalized spacial score (nSPS) is 14.4. The Morgan fingerprint density at radius 2 is 0.875 bits per heavy atom. The van der Waals surface area contributed by atoms with Crippen LogP contribution in [-0.4, -0.2) is 27.9 Å². The second kappa shape index (κ2) is 5.30. The molecule has 0 bridgehead atoms. The van der Waals surface area contributed by atoms with Crippen LogP contribution in [0.25, 0.3) is 0 Å². The van der Waals surface area contributed by atoms with Gasteiger partial charge in [-0.25, -0.2) is 16.8 Å². The first-order valence-corrected chi connectivity index (χ1v) is 5.58. The van der Waals surface area contributed by atoms with Crippen molar-refractivity contribution in [3.8, 4) is 0 Å². The largest absolute Gasteiger partial charge is 0.512 e. The molecule has 0 saturated carbocycles. The topological polar surface area (TPSA) is 80.3 Å². The maximum Gasteiger partial charge on any atom is 0.512 e. The van der Waals surface area contributed by atoms with Gasteiger partial charge in [-0.05, 0) is 0 Å². The minimum absolute atomic E-state index is 0. The van der Waals surface area contributed by atoms with Crippen molar-refractivity contribution in [3.05, 3.63) is 0 Å². The van der Waals surface area contributed by atoms with Crippen molar-refractivity contribution in [3.63, 3.8) is 0 Å². The first-order chi connectivity index (χ1) is 6.21. The molecule has 1 N–H and O–H groups in total. The van der Waals surface area contributed by atoms with E-state index in [1.54, 1.807) is 0 Å². The van der Waals surface area contributed by atoms with E-state index >= 15 is 0 Å². The molecule has 0 aromatic rings. The minimum Gasteiger partial charge on any atom is -0.202 e. The molecule has 16 heavy (non-hydrogen) atoms. The minimum atomic E-state index is -6.60. The summed E-state index contributed by atoms with van der Waals surface area (Å²) in [4.78, 5) is 0.